The van der Waals surface area contributed by atoms with E-state index in [0.29, 0.717) is 17.5 Å². The second-order valence-electron chi connectivity index (χ2n) is 8.31. The highest BCUT2D eigenvalue weighted by Gasteiger charge is 2.51. The summed E-state index contributed by atoms with van der Waals surface area (Å²) in [5.41, 5.74) is 0.592. The number of rotatable bonds is 4. The standard InChI is InChI=1S/C17H25N3O3.C2HF3O2/c1-19-6-5-12(9-22-2)8-17(19)10-20(11-17)16(21)14-7-15(23-18-14)13-3-4-13;3-2(4,5)1(6)7/h7,12-13H,3-6,8-11H2,1-2H3;(H,6,7). The van der Waals surface area contributed by atoms with Crippen molar-refractivity contribution in [2.45, 2.75) is 43.3 Å². The van der Waals surface area contributed by atoms with Gasteiger partial charge in [0.25, 0.3) is 5.91 Å². The maximum atomic E-state index is 12.6. The van der Waals surface area contributed by atoms with Crippen LogP contribution in [0, 0.1) is 5.92 Å². The highest BCUT2D eigenvalue weighted by Crippen LogP contribution is 2.41. The molecule has 1 atom stereocenters. The Hall–Kier alpha value is -2.14. The van der Waals surface area contributed by atoms with E-state index in [0.717, 1.165) is 51.3 Å². The summed E-state index contributed by atoms with van der Waals surface area (Å²) in [6, 6.07) is 1.84. The number of nitrogens with zero attached hydrogens (tertiary/aromatic N) is 3. The number of amides is 1. The van der Waals surface area contributed by atoms with Gasteiger partial charge in [-0.2, -0.15) is 13.2 Å². The van der Waals surface area contributed by atoms with Crippen molar-refractivity contribution >= 4 is 11.9 Å². The number of likely N-dealkylation sites (N-methyl/N-ethyl adjacent to an activating group) is 1. The molecule has 1 unspecified atom stereocenters. The lowest BCUT2D eigenvalue weighted by Crippen LogP contribution is -2.72. The molecule has 3 heterocycles. The van der Waals surface area contributed by atoms with Gasteiger partial charge in [-0.25, -0.2) is 4.79 Å². The molecule has 1 aliphatic carbocycles. The fourth-order valence-corrected chi connectivity index (χ4v) is 4.08. The van der Waals surface area contributed by atoms with Crippen LogP contribution in [-0.4, -0.2) is 84.1 Å². The van der Waals surface area contributed by atoms with Crippen molar-refractivity contribution in [3.05, 3.63) is 17.5 Å². The van der Waals surface area contributed by atoms with Crippen molar-refractivity contribution in [1.82, 2.24) is 15.0 Å². The van der Waals surface area contributed by atoms with E-state index in [-0.39, 0.29) is 11.4 Å². The summed E-state index contributed by atoms with van der Waals surface area (Å²) in [5, 5.41) is 11.1. The number of carboxylic acids is 1. The van der Waals surface area contributed by atoms with E-state index in [4.69, 9.17) is 19.2 Å². The molecule has 2 aliphatic heterocycles. The molecule has 2 saturated heterocycles. The van der Waals surface area contributed by atoms with Crippen LogP contribution in [0.15, 0.2) is 10.6 Å². The SMILES string of the molecule is COCC1CCN(C)C2(C1)CN(C(=O)c1cc(C3CC3)on1)C2.O=C(O)C(F)(F)F. The normalized spacial score (nSPS) is 23.5. The highest BCUT2D eigenvalue weighted by molar-refractivity contribution is 5.93. The predicted octanol–water partition coefficient (Wildman–Crippen LogP) is 2.37. The van der Waals surface area contributed by atoms with E-state index in [1.54, 1.807) is 7.11 Å². The van der Waals surface area contributed by atoms with Crippen LogP contribution in [-0.2, 0) is 9.53 Å². The predicted molar refractivity (Wildman–Crippen MR) is 98.0 cm³/mol. The van der Waals surface area contributed by atoms with Gasteiger partial charge < -0.3 is 19.3 Å². The van der Waals surface area contributed by atoms with Gasteiger partial charge in [-0.3, -0.25) is 9.69 Å². The van der Waals surface area contributed by atoms with E-state index in [2.05, 4.69) is 17.1 Å². The number of ether oxygens (including phenoxy) is 1. The fraction of sp³-hybridized carbons (Fsp3) is 0.737. The number of halogens is 3. The molecule has 1 N–H and O–H groups in total. The molecule has 1 saturated carbocycles. The Balaban J connectivity index is 0.000000318. The number of carbonyl (C=O) groups excluding carboxylic acids is 1. The number of carbonyl (C=O) groups is 2. The number of aliphatic carboxylic acids is 1. The molecule has 4 rings (SSSR count). The Morgan fingerprint density at radius 2 is 1.97 bits per heavy atom. The molecule has 8 nitrogen and oxygen atoms in total. The minimum absolute atomic E-state index is 0.00791. The zero-order valence-electron chi connectivity index (χ0n) is 16.9. The molecular weight excluding hydrogens is 407 g/mol. The minimum atomic E-state index is -5.08. The Kier molecular flexibility index (Phi) is 6.42. The highest BCUT2D eigenvalue weighted by atomic mass is 19.4. The quantitative estimate of drug-likeness (QED) is 0.779. The Labute approximate surface area is 171 Å². The summed E-state index contributed by atoms with van der Waals surface area (Å²) in [4.78, 5) is 25.8. The maximum absolute atomic E-state index is 12.6. The minimum Gasteiger partial charge on any atom is -0.475 e. The zero-order chi connectivity index (χ0) is 22.1. The molecule has 30 heavy (non-hydrogen) atoms. The Morgan fingerprint density at radius 3 is 2.50 bits per heavy atom. The first-order chi connectivity index (χ1) is 14.1. The van der Waals surface area contributed by atoms with E-state index in [1.165, 1.54) is 6.42 Å². The zero-order valence-corrected chi connectivity index (χ0v) is 16.9. The number of hydrogen-bond acceptors (Lipinski definition) is 6. The maximum Gasteiger partial charge on any atom is 0.490 e. The molecule has 1 aromatic rings. The number of aromatic nitrogens is 1. The van der Waals surface area contributed by atoms with Crippen molar-refractivity contribution in [3.8, 4) is 0 Å². The average molecular weight is 433 g/mol. The summed E-state index contributed by atoms with van der Waals surface area (Å²) >= 11 is 0. The van der Waals surface area contributed by atoms with Crippen molar-refractivity contribution in [2.24, 2.45) is 5.92 Å². The Morgan fingerprint density at radius 1 is 1.33 bits per heavy atom. The van der Waals surface area contributed by atoms with Gasteiger partial charge >= 0.3 is 12.1 Å². The Bertz CT molecular complexity index is 772. The summed E-state index contributed by atoms with van der Waals surface area (Å²) in [7, 11) is 3.94. The lowest BCUT2D eigenvalue weighted by atomic mass is 9.75. The van der Waals surface area contributed by atoms with Gasteiger partial charge in [-0.1, -0.05) is 5.16 Å². The topological polar surface area (TPSA) is 96.1 Å². The van der Waals surface area contributed by atoms with Gasteiger partial charge in [-0.05, 0) is 45.2 Å². The van der Waals surface area contributed by atoms with E-state index < -0.39 is 12.1 Å². The van der Waals surface area contributed by atoms with Crippen LogP contribution < -0.4 is 0 Å². The molecular formula is C19H26F3N3O5. The molecule has 3 aliphatic rings. The lowest BCUT2D eigenvalue weighted by molar-refractivity contribution is -0.192. The van der Waals surface area contributed by atoms with Crippen molar-refractivity contribution < 1.29 is 37.1 Å². The largest absolute Gasteiger partial charge is 0.490 e. The third kappa shape index (κ3) is 4.94. The van der Waals surface area contributed by atoms with Crippen LogP contribution in [0.4, 0.5) is 13.2 Å². The summed E-state index contributed by atoms with van der Waals surface area (Å²) in [6.45, 7) is 3.46. The first kappa shape index (κ1) is 22.5. The van der Waals surface area contributed by atoms with Crippen molar-refractivity contribution in [3.63, 3.8) is 0 Å². The molecule has 0 bridgehead atoms. The third-order valence-corrected chi connectivity index (χ3v) is 5.98. The molecule has 1 spiro atoms. The summed E-state index contributed by atoms with van der Waals surface area (Å²) in [5.74, 6) is -0.785. The van der Waals surface area contributed by atoms with Crippen LogP contribution in [0.25, 0.3) is 0 Å². The van der Waals surface area contributed by atoms with Crippen LogP contribution in [0.3, 0.4) is 0 Å². The third-order valence-electron chi connectivity index (χ3n) is 5.98. The smallest absolute Gasteiger partial charge is 0.475 e. The summed E-state index contributed by atoms with van der Waals surface area (Å²) < 4.78 is 42.4. The molecule has 1 aromatic heterocycles. The second kappa shape index (κ2) is 8.54. The number of likely N-dealkylation sites (tertiary alicyclic amines) is 2. The van der Waals surface area contributed by atoms with Crippen LogP contribution in [0.1, 0.15) is 47.8 Å². The first-order valence-corrected chi connectivity index (χ1v) is 9.82. The van der Waals surface area contributed by atoms with Gasteiger partial charge in [0.15, 0.2) is 5.69 Å². The van der Waals surface area contributed by atoms with E-state index >= 15 is 0 Å². The van der Waals surface area contributed by atoms with Gasteiger partial charge in [0, 0.05) is 38.8 Å². The fourth-order valence-electron chi connectivity index (χ4n) is 4.08. The number of hydrogen-bond donors (Lipinski definition) is 1. The van der Waals surface area contributed by atoms with Crippen molar-refractivity contribution in [2.75, 3.05) is 40.4 Å². The molecule has 168 valence electrons. The van der Waals surface area contributed by atoms with Gasteiger partial charge in [0.2, 0.25) is 0 Å². The van der Waals surface area contributed by atoms with E-state index in [1.807, 2.05) is 11.0 Å². The number of carboxylic acid groups (broad SMARTS) is 1. The van der Waals surface area contributed by atoms with Crippen molar-refractivity contribution in [1.29, 1.82) is 0 Å². The van der Waals surface area contributed by atoms with Crippen LogP contribution in [0.5, 0.6) is 0 Å². The molecule has 11 heteroatoms. The number of piperidine rings is 1. The molecule has 0 aromatic carbocycles. The van der Waals surface area contributed by atoms with Crippen LogP contribution in [0.2, 0.25) is 0 Å². The van der Waals surface area contributed by atoms with Gasteiger partial charge in [0.1, 0.15) is 5.76 Å². The van der Waals surface area contributed by atoms with Gasteiger partial charge in [0.05, 0.1) is 5.54 Å². The van der Waals surface area contributed by atoms with Crippen LogP contribution >= 0.6 is 0 Å². The molecule has 3 fully saturated rings. The summed E-state index contributed by atoms with van der Waals surface area (Å²) in [6.07, 6.45) is -0.496. The average Bonchev–Trinajstić information content (AvgIpc) is 3.38. The number of methoxy groups -OCH3 is 1. The second-order valence-corrected chi connectivity index (χ2v) is 8.31. The number of alkyl halides is 3. The monoisotopic (exact) mass is 433 g/mol. The van der Waals surface area contributed by atoms with E-state index in [9.17, 15) is 18.0 Å². The molecule has 0 radical (unpaired) electrons. The van der Waals surface area contributed by atoms with Gasteiger partial charge in [-0.15, -0.1) is 0 Å². The lowest BCUT2D eigenvalue weighted by Gasteiger charge is -2.58. The first-order valence-electron chi connectivity index (χ1n) is 9.82. The molecule has 1 amide bonds.